The smallest absolute Gasteiger partial charge is 0.289 e. The first-order chi connectivity index (χ1) is 9.88. The van der Waals surface area contributed by atoms with E-state index in [-0.39, 0.29) is 13.2 Å². The number of ether oxygens (including phenoxy) is 2. The van der Waals surface area contributed by atoms with Gasteiger partial charge in [0.15, 0.2) is 4.90 Å². The van der Waals surface area contributed by atoms with Crippen LogP contribution in [0.1, 0.15) is 0 Å². The van der Waals surface area contributed by atoms with E-state index in [1.807, 2.05) is 0 Å². The molecule has 0 unspecified atom stereocenters. The first kappa shape index (κ1) is 18.0. The molecule has 0 aliphatic heterocycles. The molecule has 0 atom stereocenters. The third-order valence-corrected chi connectivity index (χ3v) is 4.36. The van der Waals surface area contributed by atoms with E-state index in [9.17, 15) is 18.5 Å². The first-order valence-electron chi connectivity index (χ1n) is 5.89. The number of nitro benzene ring substituents is 1. The molecule has 0 aliphatic rings. The molecule has 0 spiro atoms. The van der Waals surface area contributed by atoms with Gasteiger partial charge in [0.2, 0.25) is 10.0 Å². The molecule has 0 saturated carbocycles. The molecule has 21 heavy (non-hydrogen) atoms. The highest BCUT2D eigenvalue weighted by atomic mass is 79.9. The molecular weight excluding hydrogens is 368 g/mol. The van der Waals surface area contributed by atoms with Gasteiger partial charge in [0.05, 0.1) is 24.7 Å². The van der Waals surface area contributed by atoms with Gasteiger partial charge in [0.25, 0.3) is 5.69 Å². The van der Waals surface area contributed by atoms with Crippen molar-refractivity contribution in [2.45, 2.75) is 4.90 Å². The van der Waals surface area contributed by atoms with Crippen molar-refractivity contribution in [3.63, 3.8) is 0 Å². The van der Waals surface area contributed by atoms with Crippen LogP contribution in [0.25, 0.3) is 0 Å². The summed E-state index contributed by atoms with van der Waals surface area (Å²) in [6, 6.07) is 3.73. The number of nitrogens with zero attached hydrogens (tertiary/aromatic N) is 1. The van der Waals surface area contributed by atoms with Gasteiger partial charge in [-0.25, -0.2) is 13.1 Å². The lowest BCUT2D eigenvalue weighted by molar-refractivity contribution is -0.387. The summed E-state index contributed by atoms with van der Waals surface area (Å²) in [6.07, 6.45) is 0. The van der Waals surface area contributed by atoms with Crippen molar-refractivity contribution < 1.29 is 22.8 Å². The van der Waals surface area contributed by atoms with Gasteiger partial charge in [-0.05, 0) is 12.1 Å². The summed E-state index contributed by atoms with van der Waals surface area (Å²) < 4.78 is 36.7. The van der Waals surface area contributed by atoms with Crippen molar-refractivity contribution in [2.24, 2.45) is 0 Å². The summed E-state index contributed by atoms with van der Waals surface area (Å²) in [6.45, 7) is 0.902. The number of methoxy groups -OCH3 is 1. The standard InChI is InChI=1S/C11H15BrN2O6S/c1-19-6-7-20-5-4-13-21(17,18)11-8-9(12)2-3-10(11)14(15)16/h2-3,8,13H,4-7H2,1H3. The fraction of sp³-hybridized carbons (Fsp3) is 0.455. The molecule has 0 saturated heterocycles. The summed E-state index contributed by atoms with van der Waals surface area (Å²) in [5, 5.41) is 10.9. The Hall–Kier alpha value is -1.07. The highest BCUT2D eigenvalue weighted by molar-refractivity contribution is 9.10. The average Bonchev–Trinajstić information content (AvgIpc) is 2.42. The zero-order chi connectivity index (χ0) is 15.9. The van der Waals surface area contributed by atoms with Crippen molar-refractivity contribution in [3.8, 4) is 0 Å². The summed E-state index contributed by atoms with van der Waals surface area (Å²) in [4.78, 5) is 9.76. The van der Waals surface area contributed by atoms with Gasteiger partial charge in [-0.3, -0.25) is 10.1 Å². The molecule has 0 radical (unpaired) electrons. The zero-order valence-corrected chi connectivity index (χ0v) is 13.6. The van der Waals surface area contributed by atoms with Gasteiger partial charge in [-0.15, -0.1) is 0 Å². The third-order valence-electron chi connectivity index (χ3n) is 2.38. The van der Waals surface area contributed by atoms with Crippen LogP contribution in [0, 0.1) is 10.1 Å². The highest BCUT2D eigenvalue weighted by Gasteiger charge is 2.25. The second kappa shape index (κ2) is 8.39. The molecule has 0 heterocycles. The van der Waals surface area contributed by atoms with E-state index in [0.29, 0.717) is 17.7 Å². The van der Waals surface area contributed by atoms with Crippen LogP contribution < -0.4 is 4.72 Å². The fourth-order valence-corrected chi connectivity index (χ4v) is 3.14. The van der Waals surface area contributed by atoms with Crippen LogP contribution in [-0.2, 0) is 19.5 Å². The van der Waals surface area contributed by atoms with Crippen LogP contribution in [0.15, 0.2) is 27.6 Å². The van der Waals surface area contributed by atoms with Crippen molar-refractivity contribution in [1.82, 2.24) is 4.72 Å². The van der Waals surface area contributed by atoms with Crippen molar-refractivity contribution >= 4 is 31.6 Å². The second-order valence-electron chi connectivity index (χ2n) is 3.87. The Bertz CT molecular complexity index is 592. The summed E-state index contributed by atoms with van der Waals surface area (Å²) in [5.41, 5.74) is -0.481. The molecule has 0 fully saturated rings. The number of hydrogen-bond acceptors (Lipinski definition) is 6. The minimum atomic E-state index is -3.98. The van der Waals surface area contributed by atoms with E-state index in [2.05, 4.69) is 20.7 Å². The van der Waals surface area contributed by atoms with Crippen molar-refractivity contribution in [2.75, 3.05) is 33.5 Å². The Labute approximate surface area is 130 Å². The molecule has 10 heteroatoms. The van der Waals surface area contributed by atoms with Crippen LogP contribution in [0.4, 0.5) is 5.69 Å². The summed E-state index contributed by atoms with van der Waals surface area (Å²) >= 11 is 3.09. The Kier molecular flexibility index (Phi) is 7.18. The monoisotopic (exact) mass is 382 g/mol. The SMILES string of the molecule is COCCOCCNS(=O)(=O)c1cc(Br)ccc1[N+](=O)[O-]. The Morgan fingerprint density at radius 2 is 2.05 bits per heavy atom. The molecule has 0 bridgehead atoms. The number of sulfonamides is 1. The van der Waals surface area contributed by atoms with Gasteiger partial charge in [-0.1, -0.05) is 15.9 Å². The van der Waals surface area contributed by atoms with Gasteiger partial charge < -0.3 is 9.47 Å². The molecule has 0 amide bonds. The predicted molar refractivity (Wildman–Crippen MR) is 78.7 cm³/mol. The number of hydrogen-bond donors (Lipinski definition) is 1. The number of nitro groups is 1. The second-order valence-corrected chi connectivity index (χ2v) is 6.52. The molecule has 0 aliphatic carbocycles. The molecular formula is C11H15BrN2O6S. The quantitative estimate of drug-likeness (QED) is 0.391. The summed E-state index contributed by atoms with van der Waals surface area (Å²) in [5.74, 6) is 0. The maximum Gasteiger partial charge on any atom is 0.289 e. The number of benzene rings is 1. The number of rotatable bonds is 9. The van der Waals surface area contributed by atoms with Crippen LogP contribution in [0.5, 0.6) is 0 Å². The number of halogens is 1. The maximum atomic E-state index is 12.1. The lowest BCUT2D eigenvalue weighted by Gasteiger charge is -2.08. The average molecular weight is 383 g/mol. The lowest BCUT2D eigenvalue weighted by Crippen LogP contribution is -2.28. The largest absolute Gasteiger partial charge is 0.382 e. The summed E-state index contributed by atoms with van der Waals surface area (Å²) in [7, 11) is -2.46. The first-order valence-corrected chi connectivity index (χ1v) is 8.16. The van der Waals surface area contributed by atoms with Crippen molar-refractivity contribution in [1.29, 1.82) is 0 Å². The highest BCUT2D eigenvalue weighted by Crippen LogP contribution is 2.26. The fourth-order valence-electron chi connectivity index (χ4n) is 1.42. The van der Waals surface area contributed by atoms with E-state index in [1.54, 1.807) is 0 Å². The van der Waals surface area contributed by atoms with Crippen molar-refractivity contribution in [3.05, 3.63) is 32.8 Å². The van der Waals surface area contributed by atoms with E-state index >= 15 is 0 Å². The molecule has 118 valence electrons. The topological polar surface area (TPSA) is 108 Å². The molecule has 1 rings (SSSR count). The minimum Gasteiger partial charge on any atom is -0.382 e. The molecule has 1 N–H and O–H groups in total. The predicted octanol–water partition coefficient (Wildman–Crippen LogP) is 1.30. The maximum absolute atomic E-state index is 12.1. The number of nitrogens with one attached hydrogen (secondary N) is 1. The normalized spacial score (nSPS) is 11.5. The van der Waals surface area contributed by atoms with Crippen LogP contribution >= 0.6 is 15.9 Å². The van der Waals surface area contributed by atoms with E-state index in [0.717, 1.165) is 6.07 Å². The molecule has 8 nitrogen and oxygen atoms in total. The van der Waals surface area contributed by atoms with Gasteiger partial charge in [0.1, 0.15) is 0 Å². The molecule has 1 aromatic rings. The van der Waals surface area contributed by atoms with Crippen LogP contribution in [-0.4, -0.2) is 46.8 Å². The zero-order valence-electron chi connectivity index (χ0n) is 11.2. The van der Waals surface area contributed by atoms with Crippen LogP contribution in [0.2, 0.25) is 0 Å². The van der Waals surface area contributed by atoms with E-state index in [4.69, 9.17) is 9.47 Å². The minimum absolute atomic E-state index is 0.00964. The van der Waals surface area contributed by atoms with Gasteiger partial charge >= 0.3 is 0 Å². The Morgan fingerprint density at radius 1 is 1.33 bits per heavy atom. The Balaban J connectivity index is 2.74. The molecule has 0 aromatic heterocycles. The third kappa shape index (κ3) is 5.67. The van der Waals surface area contributed by atoms with Gasteiger partial charge in [0, 0.05) is 24.2 Å². The van der Waals surface area contributed by atoms with E-state index < -0.39 is 25.5 Å². The molecule has 1 aromatic carbocycles. The lowest BCUT2D eigenvalue weighted by atomic mass is 10.3. The van der Waals surface area contributed by atoms with Crippen LogP contribution in [0.3, 0.4) is 0 Å². The van der Waals surface area contributed by atoms with E-state index in [1.165, 1.54) is 19.2 Å². The van der Waals surface area contributed by atoms with Gasteiger partial charge in [-0.2, -0.15) is 0 Å². The Morgan fingerprint density at radius 3 is 2.67 bits per heavy atom.